The SMILES string of the molecule is CC1CCC(C)N1C(=O)NC(CCN(CCCCc1ccc2c(n1)NCCC2)CCOc1ccccc1)C(=O)O. The number of ether oxygens (including phenoxy) is 1. The Morgan fingerprint density at radius 3 is 2.62 bits per heavy atom. The van der Waals surface area contributed by atoms with Crippen LogP contribution in [0.25, 0.3) is 0 Å². The summed E-state index contributed by atoms with van der Waals surface area (Å²) in [7, 11) is 0. The number of aryl methyl sites for hydroxylation is 2. The second-order valence-electron chi connectivity index (χ2n) is 11.1. The molecule has 0 spiro atoms. The number of hydrogen-bond acceptors (Lipinski definition) is 6. The number of carbonyl (C=O) groups excluding carboxylic acids is 1. The van der Waals surface area contributed by atoms with Crippen molar-refractivity contribution in [3.8, 4) is 5.75 Å². The van der Waals surface area contributed by atoms with Gasteiger partial charge in [-0.25, -0.2) is 14.6 Å². The average Bonchev–Trinajstić information content (AvgIpc) is 3.30. The summed E-state index contributed by atoms with van der Waals surface area (Å²) in [6.07, 6.45) is 7.32. The number of carboxylic acids is 1. The maximum Gasteiger partial charge on any atom is 0.326 e. The maximum absolute atomic E-state index is 12.9. The molecule has 0 radical (unpaired) electrons. The van der Waals surface area contributed by atoms with E-state index in [1.165, 1.54) is 5.56 Å². The predicted octanol–water partition coefficient (Wildman–Crippen LogP) is 4.57. The van der Waals surface area contributed by atoms with Crippen LogP contribution in [0, 0.1) is 0 Å². The number of pyridine rings is 1. The van der Waals surface area contributed by atoms with E-state index in [-0.39, 0.29) is 18.1 Å². The summed E-state index contributed by atoms with van der Waals surface area (Å²) >= 11 is 0. The molecule has 1 aromatic heterocycles. The maximum atomic E-state index is 12.9. The van der Waals surface area contributed by atoms with E-state index in [1.54, 1.807) is 4.90 Å². The molecule has 2 aromatic rings. The molecule has 0 bridgehead atoms. The molecule has 2 aliphatic rings. The number of rotatable bonds is 14. The highest BCUT2D eigenvalue weighted by Crippen LogP contribution is 2.23. The molecule has 2 aliphatic heterocycles. The van der Waals surface area contributed by atoms with E-state index in [9.17, 15) is 14.7 Å². The Bertz CT molecular complexity index is 1090. The lowest BCUT2D eigenvalue weighted by molar-refractivity contribution is -0.139. The summed E-state index contributed by atoms with van der Waals surface area (Å²) in [5.74, 6) is 0.849. The number of benzene rings is 1. The number of carbonyl (C=O) groups is 2. The van der Waals surface area contributed by atoms with Gasteiger partial charge >= 0.3 is 12.0 Å². The van der Waals surface area contributed by atoms with E-state index in [4.69, 9.17) is 9.72 Å². The minimum absolute atomic E-state index is 0.122. The molecule has 9 nitrogen and oxygen atoms in total. The van der Waals surface area contributed by atoms with E-state index in [1.807, 2.05) is 44.2 Å². The Labute approximate surface area is 238 Å². The minimum Gasteiger partial charge on any atom is -0.492 e. The fraction of sp³-hybridized carbons (Fsp3) is 0.581. The van der Waals surface area contributed by atoms with Gasteiger partial charge in [-0.05, 0) is 95.5 Å². The lowest BCUT2D eigenvalue weighted by atomic mass is 10.1. The zero-order chi connectivity index (χ0) is 28.3. The first-order valence-corrected chi connectivity index (χ1v) is 14.8. The number of likely N-dealkylation sites (tertiary alicyclic amines) is 1. The Hall–Kier alpha value is -3.33. The second-order valence-corrected chi connectivity index (χ2v) is 11.1. The summed E-state index contributed by atoms with van der Waals surface area (Å²) in [6, 6.07) is 13.1. The average molecular weight is 552 g/mol. The third-order valence-electron chi connectivity index (χ3n) is 8.04. The quantitative estimate of drug-likeness (QED) is 0.295. The number of anilines is 1. The fourth-order valence-electron chi connectivity index (χ4n) is 5.68. The van der Waals surface area contributed by atoms with Crippen molar-refractivity contribution in [3.63, 3.8) is 0 Å². The van der Waals surface area contributed by atoms with Crippen molar-refractivity contribution in [2.75, 3.05) is 38.1 Å². The van der Waals surface area contributed by atoms with E-state index >= 15 is 0 Å². The fourth-order valence-corrected chi connectivity index (χ4v) is 5.68. The molecule has 1 aromatic carbocycles. The molecule has 3 heterocycles. The van der Waals surface area contributed by atoms with Crippen molar-refractivity contribution in [2.45, 2.75) is 83.3 Å². The van der Waals surface area contributed by atoms with Crippen LogP contribution in [0.3, 0.4) is 0 Å². The Balaban J connectivity index is 1.29. The molecule has 1 fully saturated rings. The van der Waals surface area contributed by atoms with Crippen LogP contribution < -0.4 is 15.4 Å². The summed E-state index contributed by atoms with van der Waals surface area (Å²) in [6.45, 7) is 7.58. The summed E-state index contributed by atoms with van der Waals surface area (Å²) < 4.78 is 5.92. The van der Waals surface area contributed by atoms with Gasteiger partial charge in [0.05, 0.1) is 0 Å². The van der Waals surface area contributed by atoms with Gasteiger partial charge in [-0.3, -0.25) is 4.90 Å². The smallest absolute Gasteiger partial charge is 0.326 e. The van der Waals surface area contributed by atoms with Crippen molar-refractivity contribution in [2.24, 2.45) is 0 Å². The number of fused-ring (bicyclic) bond motifs is 1. The number of nitrogens with one attached hydrogen (secondary N) is 2. The first-order valence-electron chi connectivity index (χ1n) is 14.8. The summed E-state index contributed by atoms with van der Waals surface area (Å²) in [5.41, 5.74) is 2.40. The zero-order valence-corrected chi connectivity index (χ0v) is 24.0. The molecule has 40 heavy (non-hydrogen) atoms. The van der Waals surface area contributed by atoms with Gasteiger partial charge in [0.25, 0.3) is 0 Å². The van der Waals surface area contributed by atoms with Crippen molar-refractivity contribution in [3.05, 3.63) is 53.7 Å². The highest BCUT2D eigenvalue weighted by Gasteiger charge is 2.33. The van der Waals surface area contributed by atoms with Crippen LogP contribution in [-0.2, 0) is 17.6 Å². The molecule has 0 saturated carbocycles. The molecular weight excluding hydrogens is 506 g/mol. The van der Waals surface area contributed by atoms with Crippen LogP contribution >= 0.6 is 0 Å². The number of amides is 2. The highest BCUT2D eigenvalue weighted by molar-refractivity contribution is 5.83. The standard InChI is InChI=1S/C31H45N5O4/c1-23-13-14-24(2)36(23)31(39)34-28(30(37)38)17-20-35(21-22-40-27-11-4-3-5-12-27)19-7-6-10-26-16-15-25-9-8-18-32-29(25)33-26/h3-5,11-12,15-16,23-24,28H,6-10,13-14,17-22H2,1-2H3,(H,32,33)(H,34,39)(H,37,38). The molecule has 218 valence electrons. The number of para-hydroxylation sites is 1. The van der Waals surface area contributed by atoms with Gasteiger partial charge in [0.2, 0.25) is 0 Å². The van der Waals surface area contributed by atoms with Crippen LogP contribution in [0.5, 0.6) is 5.75 Å². The van der Waals surface area contributed by atoms with Crippen LogP contribution in [0.15, 0.2) is 42.5 Å². The number of aliphatic carboxylic acids is 1. The Morgan fingerprint density at radius 2 is 1.88 bits per heavy atom. The molecule has 9 heteroatoms. The number of urea groups is 1. The monoisotopic (exact) mass is 551 g/mol. The predicted molar refractivity (Wildman–Crippen MR) is 157 cm³/mol. The van der Waals surface area contributed by atoms with E-state index in [2.05, 4.69) is 27.7 Å². The largest absolute Gasteiger partial charge is 0.492 e. The second kappa shape index (κ2) is 14.9. The van der Waals surface area contributed by atoms with Gasteiger partial charge in [-0.2, -0.15) is 0 Å². The Kier molecular flexibility index (Phi) is 11.0. The van der Waals surface area contributed by atoms with Gasteiger partial charge in [-0.15, -0.1) is 0 Å². The Morgan fingerprint density at radius 1 is 1.10 bits per heavy atom. The molecule has 2 amide bonds. The summed E-state index contributed by atoms with van der Waals surface area (Å²) in [5, 5.41) is 16.1. The van der Waals surface area contributed by atoms with Gasteiger partial charge in [-0.1, -0.05) is 24.3 Å². The summed E-state index contributed by atoms with van der Waals surface area (Å²) in [4.78, 5) is 33.8. The number of carboxylic acid groups (broad SMARTS) is 1. The third-order valence-corrected chi connectivity index (χ3v) is 8.04. The van der Waals surface area contributed by atoms with E-state index in [0.717, 1.165) is 75.3 Å². The number of nitrogens with zero attached hydrogens (tertiary/aromatic N) is 3. The van der Waals surface area contributed by atoms with Gasteiger partial charge in [0.1, 0.15) is 24.2 Å². The van der Waals surface area contributed by atoms with Crippen LogP contribution in [0.4, 0.5) is 10.6 Å². The van der Waals surface area contributed by atoms with Crippen LogP contribution in [0.1, 0.15) is 63.6 Å². The number of hydrogen-bond donors (Lipinski definition) is 3. The lowest BCUT2D eigenvalue weighted by Crippen LogP contribution is -2.51. The van der Waals surface area contributed by atoms with Gasteiger partial charge in [0, 0.05) is 37.4 Å². The van der Waals surface area contributed by atoms with Crippen molar-refractivity contribution < 1.29 is 19.4 Å². The number of aromatic nitrogens is 1. The molecule has 3 unspecified atom stereocenters. The first-order chi connectivity index (χ1) is 19.4. The van der Waals surface area contributed by atoms with Gasteiger partial charge < -0.3 is 25.4 Å². The topological polar surface area (TPSA) is 107 Å². The van der Waals surface area contributed by atoms with Crippen LogP contribution in [0.2, 0.25) is 0 Å². The normalized spacial score (nSPS) is 19.1. The minimum atomic E-state index is -1.000. The van der Waals surface area contributed by atoms with Crippen LogP contribution in [-0.4, -0.2) is 82.8 Å². The molecule has 3 N–H and O–H groups in total. The van der Waals surface area contributed by atoms with E-state index in [0.29, 0.717) is 26.1 Å². The highest BCUT2D eigenvalue weighted by atomic mass is 16.5. The molecular formula is C31H45N5O4. The lowest BCUT2D eigenvalue weighted by Gasteiger charge is -2.29. The third kappa shape index (κ3) is 8.58. The molecule has 1 saturated heterocycles. The zero-order valence-electron chi connectivity index (χ0n) is 24.0. The van der Waals surface area contributed by atoms with Crippen molar-refractivity contribution in [1.29, 1.82) is 0 Å². The van der Waals surface area contributed by atoms with E-state index < -0.39 is 12.0 Å². The van der Waals surface area contributed by atoms with Crippen molar-refractivity contribution in [1.82, 2.24) is 20.1 Å². The van der Waals surface area contributed by atoms with Gasteiger partial charge in [0.15, 0.2) is 0 Å². The van der Waals surface area contributed by atoms with Crippen molar-refractivity contribution >= 4 is 17.8 Å². The first kappa shape index (κ1) is 29.6. The molecule has 4 rings (SSSR count). The number of unbranched alkanes of at least 4 members (excludes halogenated alkanes) is 1. The molecule has 0 aliphatic carbocycles. The molecule has 3 atom stereocenters.